The second-order valence-electron chi connectivity index (χ2n) is 4.69. The second-order valence-corrected chi connectivity index (χ2v) is 4.69. The normalized spacial score (nSPS) is 12.3. The van der Waals surface area contributed by atoms with E-state index in [-0.39, 0.29) is 29.8 Å². The van der Waals surface area contributed by atoms with Crippen molar-refractivity contribution in [2.75, 3.05) is 6.61 Å². The van der Waals surface area contributed by atoms with Gasteiger partial charge in [0.2, 0.25) is 0 Å². The number of benzene rings is 1. The van der Waals surface area contributed by atoms with Crippen LogP contribution in [0.25, 0.3) is 10.8 Å². The first-order chi connectivity index (χ1) is 9.63. The molecule has 6 heteroatoms. The molecule has 1 heterocycles. The van der Waals surface area contributed by atoms with Crippen LogP contribution < -0.4 is 10.9 Å². The Hall–Kier alpha value is -2.21. The van der Waals surface area contributed by atoms with Crippen molar-refractivity contribution in [3.63, 3.8) is 0 Å². The van der Waals surface area contributed by atoms with Crippen molar-refractivity contribution < 1.29 is 9.90 Å². The number of aliphatic hydroxyl groups excluding tert-OH is 1. The Morgan fingerprint density at radius 2 is 2.10 bits per heavy atom. The van der Waals surface area contributed by atoms with E-state index in [4.69, 9.17) is 5.11 Å². The summed E-state index contributed by atoms with van der Waals surface area (Å²) in [6.07, 6.45) is 1.31. The van der Waals surface area contributed by atoms with E-state index < -0.39 is 0 Å². The van der Waals surface area contributed by atoms with Crippen molar-refractivity contribution in [2.45, 2.75) is 25.8 Å². The van der Waals surface area contributed by atoms with Crippen LogP contribution in [0.5, 0.6) is 0 Å². The van der Waals surface area contributed by atoms with Gasteiger partial charge in [-0.2, -0.15) is 5.10 Å². The summed E-state index contributed by atoms with van der Waals surface area (Å²) in [5.74, 6) is -0.331. The highest BCUT2D eigenvalue weighted by Gasteiger charge is 2.15. The van der Waals surface area contributed by atoms with Gasteiger partial charge >= 0.3 is 0 Å². The predicted octanol–water partition coefficient (Wildman–Crippen LogP) is 0.814. The van der Waals surface area contributed by atoms with Crippen LogP contribution in [-0.2, 0) is 0 Å². The molecule has 1 aromatic heterocycles. The zero-order valence-electron chi connectivity index (χ0n) is 11.2. The molecular weight excluding hydrogens is 258 g/mol. The maximum Gasteiger partial charge on any atom is 0.272 e. The second kappa shape index (κ2) is 6.29. The molecule has 1 atom stereocenters. The van der Waals surface area contributed by atoms with E-state index in [2.05, 4.69) is 15.5 Å². The number of aromatic amines is 1. The van der Waals surface area contributed by atoms with E-state index in [1.165, 1.54) is 0 Å². The fourth-order valence-electron chi connectivity index (χ4n) is 2.05. The summed E-state index contributed by atoms with van der Waals surface area (Å²) < 4.78 is 0. The van der Waals surface area contributed by atoms with Crippen LogP contribution in [0.2, 0.25) is 0 Å². The molecule has 1 aromatic carbocycles. The zero-order valence-corrected chi connectivity index (χ0v) is 11.2. The summed E-state index contributed by atoms with van der Waals surface area (Å²) in [5, 5.41) is 18.7. The molecule has 0 aliphatic carbocycles. The van der Waals surface area contributed by atoms with Gasteiger partial charge in [0.05, 0.1) is 5.39 Å². The molecule has 0 aliphatic heterocycles. The average molecular weight is 275 g/mol. The number of H-pyrrole nitrogens is 1. The Morgan fingerprint density at radius 3 is 2.80 bits per heavy atom. The summed E-state index contributed by atoms with van der Waals surface area (Å²) in [4.78, 5) is 23.8. The van der Waals surface area contributed by atoms with Crippen LogP contribution in [-0.4, -0.2) is 33.9 Å². The lowest BCUT2D eigenvalue weighted by Crippen LogP contribution is -2.34. The van der Waals surface area contributed by atoms with Crippen molar-refractivity contribution >= 4 is 16.7 Å². The number of rotatable bonds is 5. The molecule has 106 valence electrons. The topological polar surface area (TPSA) is 95.1 Å². The highest BCUT2D eigenvalue weighted by atomic mass is 16.3. The number of carbonyl (C=O) groups excluding carboxylic acids is 1. The van der Waals surface area contributed by atoms with E-state index in [1.807, 2.05) is 6.92 Å². The number of hydrogen-bond acceptors (Lipinski definition) is 4. The largest absolute Gasteiger partial charge is 0.396 e. The molecule has 3 N–H and O–H groups in total. The molecule has 20 heavy (non-hydrogen) atoms. The molecule has 0 saturated carbocycles. The maximum atomic E-state index is 12.2. The van der Waals surface area contributed by atoms with E-state index in [1.54, 1.807) is 24.3 Å². The number of hydrogen-bond donors (Lipinski definition) is 3. The fourth-order valence-corrected chi connectivity index (χ4v) is 2.05. The van der Waals surface area contributed by atoms with Crippen molar-refractivity contribution in [1.29, 1.82) is 0 Å². The molecule has 6 nitrogen and oxygen atoms in total. The quantitative estimate of drug-likeness (QED) is 0.752. The molecule has 0 radical (unpaired) electrons. The summed E-state index contributed by atoms with van der Waals surface area (Å²) >= 11 is 0. The minimum absolute atomic E-state index is 0.0675. The van der Waals surface area contributed by atoms with E-state index in [9.17, 15) is 9.59 Å². The number of nitrogens with one attached hydrogen (secondary N) is 2. The van der Waals surface area contributed by atoms with Crippen molar-refractivity contribution in [3.05, 3.63) is 40.3 Å². The van der Waals surface area contributed by atoms with Gasteiger partial charge in [-0.1, -0.05) is 18.2 Å². The smallest absolute Gasteiger partial charge is 0.272 e. The third kappa shape index (κ3) is 3.03. The van der Waals surface area contributed by atoms with Crippen LogP contribution in [0.4, 0.5) is 0 Å². The summed E-state index contributed by atoms with van der Waals surface area (Å²) in [5.41, 5.74) is -0.110. The van der Waals surface area contributed by atoms with Crippen LogP contribution >= 0.6 is 0 Å². The van der Waals surface area contributed by atoms with Crippen LogP contribution in [0.3, 0.4) is 0 Å². The number of aromatic nitrogens is 2. The van der Waals surface area contributed by atoms with Crippen molar-refractivity contribution in [1.82, 2.24) is 15.5 Å². The van der Waals surface area contributed by atoms with Gasteiger partial charge in [0.1, 0.15) is 0 Å². The highest BCUT2D eigenvalue weighted by Crippen LogP contribution is 2.12. The molecule has 2 aromatic rings. The number of nitrogens with zero attached hydrogens (tertiary/aromatic N) is 1. The predicted molar refractivity (Wildman–Crippen MR) is 75.6 cm³/mol. The van der Waals surface area contributed by atoms with Crippen LogP contribution in [0.1, 0.15) is 30.3 Å². The molecule has 0 fully saturated rings. The first-order valence-electron chi connectivity index (χ1n) is 6.52. The van der Waals surface area contributed by atoms with E-state index >= 15 is 0 Å². The minimum Gasteiger partial charge on any atom is -0.396 e. The number of carbonyl (C=O) groups is 1. The summed E-state index contributed by atoms with van der Waals surface area (Å²) in [6.45, 7) is 1.96. The van der Waals surface area contributed by atoms with Crippen molar-refractivity contribution in [2.24, 2.45) is 0 Å². The fraction of sp³-hybridized carbons (Fsp3) is 0.357. The van der Waals surface area contributed by atoms with E-state index in [0.717, 1.165) is 0 Å². The average Bonchev–Trinajstić information content (AvgIpc) is 2.45. The lowest BCUT2D eigenvalue weighted by molar-refractivity contribution is 0.0932. The van der Waals surface area contributed by atoms with E-state index in [0.29, 0.717) is 23.6 Å². The zero-order chi connectivity index (χ0) is 14.5. The van der Waals surface area contributed by atoms with Crippen molar-refractivity contribution in [3.8, 4) is 0 Å². The molecule has 1 amide bonds. The summed E-state index contributed by atoms with van der Waals surface area (Å²) in [7, 11) is 0. The molecule has 2 rings (SSSR count). The third-order valence-electron chi connectivity index (χ3n) is 3.08. The number of fused-ring (bicyclic) bond motifs is 1. The van der Waals surface area contributed by atoms with Gasteiger partial charge in [-0.15, -0.1) is 0 Å². The Kier molecular flexibility index (Phi) is 4.47. The molecule has 0 spiro atoms. The van der Waals surface area contributed by atoms with Gasteiger partial charge in [0.15, 0.2) is 5.69 Å². The standard InChI is InChI=1S/C14H17N3O3/c1-9(5-4-8-18)15-14(20)12-10-6-2-3-7-11(10)13(19)17-16-12/h2-3,6-7,9,18H,4-5,8H2,1H3,(H,15,20)(H,17,19). The first-order valence-corrected chi connectivity index (χ1v) is 6.52. The Balaban J connectivity index is 2.27. The summed E-state index contributed by atoms with van der Waals surface area (Å²) in [6, 6.07) is 6.78. The molecule has 1 unspecified atom stereocenters. The van der Waals surface area contributed by atoms with Gasteiger partial charge in [-0.3, -0.25) is 9.59 Å². The first kappa shape index (κ1) is 14.2. The highest BCUT2D eigenvalue weighted by molar-refractivity contribution is 6.04. The maximum absolute atomic E-state index is 12.2. The molecule has 0 aliphatic rings. The monoisotopic (exact) mass is 275 g/mol. The number of amides is 1. The van der Waals surface area contributed by atoms with Gasteiger partial charge in [0, 0.05) is 18.0 Å². The molecular formula is C14H17N3O3. The molecule has 0 saturated heterocycles. The lowest BCUT2D eigenvalue weighted by atomic mass is 10.1. The number of aliphatic hydroxyl groups is 1. The Morgan fingerprint density at radius 1 is 1.40 bits per heavy atom. The minimum atomic E-state index is -0.331. The van der Waals surface area contributed by atoms with Crippen LogP contribution in [0, 0.1) is 0 Å². The Bertz CT molecular complexity index is 666. The lowest BCUT2D eigenvalue weighted by Gasteiger charge is -2.13. The van der Waals surface area contributed by atoms with Gasteiger partial charge < -0.3 is 10.4 Å². The molecule has 0 bridgehead atoms. The van der Waals surface area contributed by atoms with Crippen LogP contribution in [0.15, 0.2) is 29.1 Å². The Labute approximate surface area is 115 Å². The third-order valence-corrected chi connectivity index (χ3v) is 3.08. The van der Waals surface area contributed by atoms with Gasteiger partial charge in [-0.25, -0.2) is 5.10 Å². The SMILES string of the molecule is CC(CCCO)NC(=O)c1n[nH]c(=O)c2ccccc12. The van der Waals surface area contributed by atoms with Gasteiger partial charge in [0.25, 0.3) is 11.5 Å². The van der Waals surface area contributed by atoms with Gasteiger partial charge in [-0.05, 0) is 25.8 Å².